The lowest BCUT2D eigenvalue weighted by Gasteiger charge is -2.33. The van der Waals surface area contributed by atoms with Gasteiger partial charge in [0.1, 0.15) is 5.82 Å². The number of aryl methyl sites for hydroxylation is 1. The summed E-state index contributed by atoms with van der Waals surface area (Å²) in [5.74, 6) is 0.0678. The summed E-state index contributed by atoms with van der Waals surface area (Å²) in [6.07, 6.45) is 2.29. The molecule has 1 saturated heterocycles. The van der Waals surface area contributed by atoms with Gasteiger partial charge in [-0.1, -0.05) is 18.2 Å². The maximum atomic E-state index is 12.6. The van der Waals surface area contributed by atoms with Crippen LogP contribution in [0.2, 0.25) is 0 Å². The highest BCUT2D eigenvalue weighted by Crippen LogP contribution is 2.17. The van der Waals surface area contributed by atoms with E-state index in [0.717, 1.165) is 6.08 Å². The minimum atomic E-state index is -3.58. The van der Waals surface area contributed by atoms with Crippen molar-refractivity contribution in [2.75, 3.05) is 31.5 Å². The van der Waals surface area contributed by atoms with Gasteiger partial charge >= 0.3 is 0 Å². The highest BCUT2D eigenvalue weighted by atomic mass is 32.2. The van der Waals surface area contributed by atoms with Crippen molar-refractivity contribution in [3.63, 3.8) is 0 Å². The van der Waals surface area contributed by atoms with Crippen LogP contribution in [-0.2, 0) is 26.7 Å². The molecule has 0 bridgehead atoms. The second kappa shape index (κ2) is 8.53. The van der Waals surface area contributed by atoms with Crippen molar-refractivity contribution in [3.8, 4) is 0 Å². The summed E-state index contributed by atoms with van der Waals surface area (Å²) in [5, 5.41) is 10.2. The summed E-state index contributed by atoms with van der Waals surface area (Å²) in [5.41, 5.74) is 0. The van der Waals surface area contributed by atoms with Crippen molar-refractivity contribution in [3.05, 3.63) is 48.3 Å². The minimum Gasteiger partial charge on any atom is -0.337 e. The van der Waals surface area contributed by atoms with Crippen LogP contribution in [0.1, 0.15) is 5.82 Å². The van der Waals surface area contributed by atoms with Gasteiger partial charge in [0.15, 0.2) is 0 Å². The van der Waals surface area contributed by atoms with Gasteiger partial charge in [0.25, 0.3) is 5.91 Å². The van der Waals surface area contributed by atoms with Crippen LogP contribution >= 0.6 is 0 Å². The Morgan fingerprint density at radius 3 is 2.28 bits per heavy atom. The molecule has 1 aromatic carbocycles. The molecule has 0 unspecified atom stereocenters. The van der Waals surface area contributed by atoms with Gasteiger partial charge in [-0.2, -0.15) is 4.31 Å². The third-order valence-electron chi connectivity index (χ3n) is 4.64. The van der Waals surface area contributed by atoms with Crippen LogP contribution < -0.4 is 5.32 Å². The Kier molecular flexibility index (Phi) is 6.09. The number of hydrogen-bond acceptors (Lipinski definition) is 6. The summed E-state index contributed by atoms with van der Waals surface area (Å²) >= 11 is 0. The van der Waals surface area contributed by atoms with Crippen LogP contribution in [0.4, 0.5) is 5.95 Å². The van der Waals surface area contributed by atoms with Gasteiger partial charge in [-0.15, -0.1) is 10.2 Å². The van der Waals surface area contributed by atoms with E-state index < -0.39 is 15.9 Å². The fourth-order valence-electron chi connectivity index (χ4n) is 2.81. The van der Waals surface area contributed by atoms with Crippen LogP contribution in [0.5, 0.6) is 0 Å². The summed E-state index contributed by atoms with van der Waals surface area (Å²) in [4.78, 5) is 26.0. The Balaban J connectivity index is 1.54. The molecule has 11 heteroatoms. The van der Waals surface area contributed by atoms with Gasteiger partial charge in [0, 0.05) is 45.4 Å². The second-order valence-corrected chi connectivity index (χ2v) is 8.43. The maximum Gasteiger partial charge on any atom is 0.250 e. The quantitative estimate of drug-likeness (QED) is 0.691. The molecule has 29 heavy (non-hydrogen) atoms. The number of benzene rings is 1. The SMILES string of the molecule is Cc1nnc(NC(=O)/C=C/C(=O)N2CCN(S(=O)(=O)c3ccccc3)CC2)n1C. The van der Waals surface area contributed by atoms with Crippen molar-refractivity contribution in [2.24, 2.45) is 7.05 Å². The molecular formula is C18H22N6O4S. The van der Waals surface area contributed by atoms with Crippen molar-refractivity contribution in [2.45, 2.75) is 11.8 Å². The number of anilines is 1. The van der Waals surface area contributed by atoms with E-state index in [1.807, 2.05) is 0 Å². The predicted molar refractivity (Wildman–Crippen MR) is 105 cm³/mol. The molecule has 10 nitrogen and oxygen atoms in total. The Morgan fingerprint density at radius 2 is 1.69 bits per heavy atom. The van der Waals surface area contributed by atoms with E-state index in [2.05, 4.69) is 15.5 Å². The number of rotatable bonds is 5. The van der Waals surface area contributed by atoms with Crippen molar-refractivity contribution in [1.29, 1.82) is 0 Å². The molecule has 1 N–H and O–H groups in total. The first-order valence-corrected chi connectivity index (χ1v) is 10.4. The number of carbonyl (C=O) groups excluding carboxylic acids is 2. The second-order valence-electron chi connectivity index (χ2n) is 6.49. The molecule has 2 aromatic rings. The Hall–Kier alpha value is -3.05. The van der Waals surface area contributed by atoms with Crippen LogP contribution in [0.3, 0.4) is 0 Å². The molecule has 0 radical (unpaired) electrons. The fourth-order valence-corrected chi connectivity index (χ4v) is 4.25. The highest BCUT2D eigenvalue weighted by Gasteiger charge is 2.29. The van der Waals surface area contributed by atoms with Gasteiger partial charge in [0.05, 0.1) is 4.90 Å². The van der Waals surface area contributed by atoms with Gasteiger partial charge in [-0.05, 0) is 19.1 Å². The first-order valence-electron chi connectivity index (χ1n) is 8.98. The summed E-state index contributed by atoms with van der Waals surface area (Å²) in [6, 6.07) is 8.19. The highest BCUT2D eigenvalue weighted by molar-refractivity contribution is 7.89. The van der Waals surface area contributed by atoms with Crippen molar-refractivity contribution in [1.82, 2.24) is 24.0 Å². The zero-order valence-electron chi connectivity index (χ0n) is 16.1. The van der Waals surface area contributed by atoms with E-state index in [1.54, 1.807) is 48.9 Å². The number of sulfonamides is 1. The van der Waals surface area contributed by atoms with E-state index in [0.29, 0.717) is 5.82 Å². The lowest BCUT2D eigenvalue weighted by molar-refractivity contribution is -0.127. The molecule has 2 amide bonds. The van der Waals surface area contributed by atoms with Gasteiger partial charge < -0.3 is 9.47 Å². The largest absolute Gasteiger partial charge is 0.337 e. The lowest BCUT2D eigenvalue weighted by atomic mass is 10.3. The summed E-state index contributed by atoms with van der Waals surface area (Å²) < 4.78 is 28.2. The van der Waals surface area contributed by atoms with Crippen molar-refractivity contribution >= 4 is 27.8 Å². The number of carbonyl (C=O) groups is 2. The number of nitrogens with zero attached hydrogens (tertiary/aromatic N) is 5. The minimum absolute atomic E-state index is 0.196. The van der Waals surface area contributed by atoms with E-state index in [1.165, 1.54) is 15.3 Å². The fraction of sp³-hybridized carbons (Fsp3) is 0.333. The van der Waals surface area contributed by atoms with Crippen LogP contribution in [0, 0.1) is 6.92 Å². The number of amides is 2. The van der Waals surface area contributed by atoms with Crippen LogP contribution in [0.15, 0.2) is 47.4 Å². The molecule has 1 aliphatic heterocycles. The molecule has 3 rings (SSSR count). The van der Waals surface area contributed by atoms with E-state index in [9.17, 15) is 18.0 Å². The third-order valence-corrected chi connectivity index (χ3v) is 6.55. The van der Waals surface area contributed by atoms with E-state index >= 15 is 0 Å². The first-order chi connectivity index (χ1) is 13.8. The average Bonchev–Trinajstić information content (AvgIpc) is 3.05. The molecule has 154 valence electrons. The van der Waals surface area contributed by atoms with E-state index in [-0.39, 0.29) is 42.9 Å². The zero-order valence-corrected chi connectivity index (χ0v) is 17.0. The van der Waals surface area contributed by atoms with Gasteiger partial charge in [-0.25, -0.2) is 8.42 Å². The monoisotopic (exact) mass is 418 g/mol. The topological polar surface area (TPSA) is 118 Å². The molecule has 0 atom stereocenters. The van der Waals surface area contributed by atoms with Crippen molar-refractivity contribution < 1.29 is 18.0 Å². The molecule has 0 aliphatic carbocycles. The van der Waals surface area contributed by atoms with Gasteiger partial charge in [-0.3, -0.25) is 14.9 Å². The third kappa shape index (κ3) is 4.69. The molecule has 1 fully saturated rings. The molecule has 0 saturated carbocycles. The Morgan fingerprint density at radius 1 is 1.03 bits per heavy atom. The van der Waals surface area contributed by atoms with Gasteiger partial charge in [0.2, 0.25) is 21.9 Å². The molecule has 1 aromatic heterocycles. The lowest BCUT2D eigenvalue weighted by Crippen LogP contribution is -2.50. The average molecular weight is 418 g/mol. The predicted octanol–water partition coefficient (Wildman–Crippen LogP) is 0.151. The summed E-state index contributed by atoms with van der Waals surface area (Å²) in [6.45, 7) is 2.64. The number of piperazine rings is 1. The maximum absolute atomic E-state index is 12.6. The number of aromatic nitrogens is 3. The Labute approximate surface area is 168 Å². The van der Waals surface area contributed by atoms with Crippen LogP contribution in [-0.4, -0.2) is 70.4 Å². The molecule has 0 spiro atoms. The number of hydrogen-bond donors (Lipinski definition) is 1. The Bertz CT molecular complexity index is 1020. The zero-order chi connectivity index (χ0) is 21.0. The molecule has 2 heterocycles. The normalized spacial score (nSPS) is 15.6. The smallest absolute Gasteiger partial charge is 0.250 e. The standard InChI is InChI=1S/C18H22N6O4S/c1-14-20-21-18(22(14)2)19-16(25)8-9-17(26)23-10-12-24(13-11-23)29(27,28)15-6-4-3-5-7-15/h3-9H,10-13H2,1-2H3,(H,19,21,25)/b9-8+. The first kappa shape index (κ1) is 20.7. The molecular weight excluding hydrogens is 396 g/mol. The van der Waals surface area contributed by atoms with Crippen LogP contribution in [0.25, 0.3) is 0 Å². The van der Waals surface area contributed by atoms with E-state index in [4.69, 9.17) is 0 Å². The summed E-state index contributed by atoms with van der Waals surface area (Å²) in [7, 11) is -1.86. The number of nitrogens with one attached hydrogen (secondary N) is 1. The molecule has 1 aliphatic rings.